The van der Waals surface area contributed by atoms with E-state index >= 15 is 0 Å². The van der Waals surface area contributed by atoms with Crippen LogP contribution in [0.2, 0.25) is 0 Å². The van der Waals surface area contributed by atoms with E-state index in [4.69, 9.17) is 9.47 Å². The van der Waals surface area contributed by atoms with Crippen molar-refractivity contribution in [1.29, 1.82) is 0 Å². The minimum atomic E-state index is -0.608. The van der Waals surface area contributed by atoms with Crippen molar-refractivity contribution in [2.45, 2.75) is 24.5 Å². The third kappa shape index (κ3) is 3.31. The maximum atomic E-state index is 10.5. The first-order valence-electron chi connectivity index (χ1n) is 7.52. The van der Waals surface area contributed by atoms with Gasteiger partial charge >= 0.3 is 0 Å². The third-order valence-electron chi connectivity index (χ3n) is 4.42. The molecule has 2 atom stereocenters. The maximum absolute atomic E-state index is 10.5. The van der Waals surface area contributed by atoms with E-state index in [1.165, 1.54) is 0 Å². The highest BCUT2D eigenvalue weighted by molar-refractivity contribution is 5.42. The molecular formula is C16H24N2O3. The highest BCUT2D eigenvalue weighted by Crippen LogP contribution is 2.29. The van der Waals surface area contributed by atoms with E-state index in [1.54, 1.807) is 7.11 Å². The smallest absolute Gasteiger partial charge is 0.122 e. The molecule has 2 N–H and O–H groups in total. The number of likely N-dealkylation sites (N-methyl/N-ethyl adjacent to an activating group) is 1. The van der Waals surface area contributed by atoms with Crippen LogP contribution in [0.25, 0.3) is 0 Å². The van der Waals surface area contributed by atoms with Crippen LogP contribution in [-0.2, 0) is 6.42 Å². The number of β-amino-alcohol motifs (C(OH)–C–C–N with tert-alkyl or cyclic N) is 1. The van der Waals surface area contributed by atoms with Gasteiger partial charge in [0.15, 0.2) is 0 Å². The molecule has 1 fully saturated rings. The third-order valence-corrected chi connectivity index (χ3v) is 4.42. The molecule has 0 unspecified atom stereocenters. The van der Waals surface area contributed by atoms with Crippen molar-refractivity contribution in [3.63, 3.8) is 0 Å². The summed E-state index contributed by atoms with van der Waals surface area (Å²) >= 11 is 0. The zero-order valence-corrected chi connectivity index (χ0v) is 12.8. The number of methoxy groups -OCH3 is 1. The van der Waals surface area contributed by atoms with Crippen LogP contribution >= 0.6 is 0 Å². The molecule has 0 aromatic heterocycles. The molecule has 2 aliphatic rings. The highest BCUT2D eigenvalue weighted by atomic mass is 16.5. The lowest BCUT2D eigenvalue weighted by Crippen LogP contribution is -2.49. The van der Waals surface area contributed by atoms with Crippen LogP contribution < -0.4 is 14.8 Å². The fraction of sp³-hybridized carbons (Fsp3) is 0.625. The van der Waals surface area contributed by atoms with Crippen molar-refractivity contribution in [2.75, 3.05) is 40.4 Å². The molecule has 116 valence electrons. The number of benzene rings is 1. The lowest BCUT2D eigenvalue weighted by Gasteiger charge is -2.30. The van der Waals surface area contributed by atoms with E-state index in [0.29, 0.717) is 13.2 Å². The Morgan fingerprint density at radius 3 is 3.10 bits per heavy atom. The van der Waals surface area contributed by atoms with Gasteiger partial charge in [0.2, 0.25) is 0 Å². The first kappa shape index (κ1) is 14.6. The fourth-order valence-corrected chi connectivity index (χ4v) is 3.17. The molecule has 1 aromatic carbocycles. The Bertz CT molecular complexity index is 508. The average molecular weight is 292 g/mol. The van der Waals surface area contributed by atoms with Gasteiger partial charge in [0.1, 0.15) is 18.1 Å². The molecule has 0 radical (unpaired) electrons. The zero-order chi connectivity index (χ0) is 14.9. The van der Waals surface area contributed by atoms with Crippen LogP contribution in [0.4, 0.5) is 0 Å². The predicted octanol–water partition coefficient (Wildman–Crippen LogP) is 0.655. The molecule has 1 saturated heterocycles. The molecule has 1 aromatic rings. The Kier molecular flexibility index (Phi) is 4.06. The summed E-state index contributed by atoms with van der Waals surface area (Å²) in [5.74, 6) is 1.79. The second kappa shape index (κ2) is 5.83. The Morgan fingerprint density at radius 1 is 1.52 bits per heavy atom. The standard InChI is InChI=1S/C16H24N2O3/c1-18-6-5-16(19,11-18)10-17-13-7-12-8-14(20-2)3-4-15(12)21-9-13/h3-4,8,13,17,19H,5-7,9-11H2,1-2H3/t13-,16+/m0/s1. The number of rotatable bonds is 4. The molecule has 0 bridgehead atoms. The number of hydrogen-bond acceptors (Lipinski definition) is 5. The van der Waals surface area contributed by atoms with Crippen molar-refractivity contribution in [3.8, 4) is 11.5 Å². The van der Waals surface area contributed by atoms with Crippen LogP contribution in [-0.4, -0.2) is 62.0 Å². The van der Waals surface area contributed by atoms with Crippen molar-refractivity contribution >= 4 is 0 Å². The summed E-state index contributed by atoms with van der Waals surface area (Å²) in [7, 11) is 3.72. The van der Waals surface area contributed by atoms with Crippen LogP contribution in [0.3, 0.4) is 0 Å². The van der Waals surface area contributed by atoms with Gasteiger partial charge in [-0.05, 0) is 43.7 Å². The Morgan fingerprint density at radius 2 is 2.38 bits per heavy atom. The summed E-state index contributed by atoms with van der Waals surface area (Å²) in [6, 6.07) is 6.15. The second-order valence-corrected chi connectivity index (χ2v) is 6.28. The average Bonchev–Trinajstić information content (AvgIpc) is 2.84. The number of hydrogen-bond donors (Lipinski definition) is 2. The van der Waals surface area contributed by atoms with Gasteiger partial charge in [0, 0.05) is 25.7 Å². The molecule has 5 heteroatoms. The first-order valence-corrected chi connectivity index (χ1v) is 7.52. The fourth-order valence-electron chi connectivity index (χ4n) is 3.17. The SMILES string of the molecule is COc1ccc2c(c1)C[C@H](NC[C@]1(O)CCN(C)C1)CO2. The van der Waals surface area contributed by atoms with Gasteiger partial charge in [-0.1, -0.05) is 0 Å². The number of nitrogens with one attached hydrogen (secondary N) is 1. The summed E-state index contributed by atoms with van der Waals surface area (Å²) in [4.78, 5) is 2.17. The maximum Gasteiger partial charge on any atom is 0.122 e. The molecular weight excluding hydrogens is 268 g/mol. The van der Waals surface area contributed by atoms with Gasteiger partial charge in [-0.15, -0.1) is 0 Å². The monoisotopic (exact) mass is 292 g/mol. The number of aliphatic hydroxyl groups is 1. The van der Waals surface area contributed by atoms with Gasteiger partial charge in [-0.25, -0.2) is 0 Å². The highest BCUT2D eigenvalue weighted by Gasteiger charge is 2.35. The lowest BCUT2D eigenvalue weighted by atomic mass is 9.99. The molecule has 5 nitrogen and oxygen atoms in total. The Labute approximate surface area is 125 Å². The molecule has 0 amide bonds. The van der Waals surface area contributed by atoms with Gasteiger partial charge in [-0.2, -0.15) is 0 Å². The number of nitrogens with zero attached hydrogens (tertiary/aromatic N) is 1. The molecule has 2 heterocycles. The predicted molar refractivity (Wildman–Crippen MR) is 81.0 cm³/mol. The largest absolute Gasteiger partial charge is 0.497 e. The van der Waals surface area contributed by atoms with Crippen LogP contribution in [0.1, 0.15) is 12.0 Å². The van der Waals surface area contributed by atoms with Crippen molar-refractivity contribution in [3.05, 3.63) is 23.8 Å². The van der Waals surface area contributed by atoms with Gasteiger partial charge < -0.3 is 24.8 Å². The molecule has 21 heavy (non-hydrogen) atoms. The van der Waals surface area contributed by atoms with Crippen molar-refractivity contribution < 1.29 is 14.6 Å². The zero-order valence-electron chi connectivity index (χ0n) is 12.8. The number of likely N-dealkylation sites (tertiary alicyclic amines) is 1. The molecule has 0 aliphatic carbocycles. The Hall–Kier alpha value is -1.30. The van der Waals surface area contributed by atoms with E-state index < -0.39 is 5.60 Å². The minimum absolute atomic E-state index is 0.236. The number of fused-ring (bicyclic) bond motifs is 1. The lowest BCUT2D eigenvalue weighted by molar-refractivity contribution is 0.0462. The molecule has 2 aliphatic heterocycles. The first-order chi connectivity index (χ1) is 10.1. The summed E-state index contributed by atoms with van der Waals surface area (Å²) in [5.41, 5.74) is 0.553. The minimum Gasteiger partial charge on any atom is -0.497 e. The number of ether oxygens (including phenoxy) is 2. The summed E-state index contributed by atoms with van der Waals surface area (Å²) in [6.07, 6.45) is 1.73. The van der Waals surface area contributed by atoms with E-state index in [-0.39, 0.29) is 6.04 Å². The molecule has 0 spiro atoms. The molecule has 3 rings (SSSR count). The van der Waals surface area contributed by atoms with Gasteiger partial charge in [-0.3, -0.25) is 0 Å². The Balaban J connectivity index is 1.58. The topological polar surface area (TPSA) is 54.0 Å². The van der Waals surface area contributed by atoms with Crippen molar-refractivity contribution in [1.82, 2.24) is 10.2 Å². The summed E-state index contributed by atoms with van der Waals surface area (Å²) in [6.45, 7) is 2.95. The summed E-state index contributed by atoms with van der Waals surface area (Å²) < 4.78 is 11.1. The summed E-state index contributed by atoms with van der Waals surface area (Å²) in [5, 5.41) is 14.0. The second-order valence-electron chi connectivity index (χ2n) is 6.28. The van der Waals surface area contributed by atoms with E-state index in [0.717, 1.165) is 43.0 Å². The van der Waals surface area contributed by atoms with E-state index in [9.17, 15) is 5.11 Å². The quantitative estimate of drug-likeness (QED) is 0.854. The van der Waals surface area contributed by atoms with E-state index in [2.05, 4.69) is 10.2 Å². The van der Waals surface area contributed by atoms with Gasteiger partial charge in [0.25, 0.3) is 0 Å². The van der Waals surface area contributed by atoms with Gasteiger partial charge in [0.05, 0.1) is 12.7 Å². The van der Waals surface area contributed by atoms with Crippen LogP contribution in [0.15, 0.2) is 18.2 Å². The van der Waals surface area contributed by atoms with Crippen LogP contribution in [0.5, 0.6) is 11.5 Å². The molecule has 0 saturated carbocycles. The van der Waals surface area contributed by atoms with Crippen molar-refractivity contribution in [2.24, 2.45) is 0 Å². The normalized spacial score (nSPS) is 29.0. The van der Waals surface area contributed by atoms with Crippen LogP contribution in [0, 0.1) is 0 Å². The van der Waals surface area contributed by atoms with E-state index in [1.807, 2.05) is 25.2 Å².